The Morgan fingerprint density at radius 1 is 1.03 bits per heavy atom. The van der Waals surface area contributed by atoms with Gasteiger partial charge in [0.05, 0.1) is 0 Å². The molecule has 2 heterocycles. The van der Waals surface area contributed by atoms with Gasteiger partial charge in [-0.2, -0.15) is 0 Å². The first-order valence-corrected chi connectivity index (χ1v) is 10.4. The van der Waals surface area contributed by atoms with Gasteiger partial charge in [-0.1, -0.05) is 6.08 Å². The van der Waals surface area contributed by atoms with Crippen molar-refractivity contribution < 1.29 is 28.5 Å². The summed E-state index contributed by atoms with van der Waals surface area (Å²) in [7, 11) is 0. The third kappa shape index (κ3) is 4.91. The summed E-state index contributed by atoms with van der Waals surface area (Å²) >= 11 is 0. The average molecular weight is 419 g/mol. The summed E-state index contributed by atoms with van der Waals surface area (Å²) in [5.74, 6) is 0.740. The standard InChI is InChI=1S/C23H27F2NO4/c24-16-2-1-3-20-14(10-16)4-7-22(29-20)18(27)12-26-13-19(28)23-8-5-15-11-17(25)6-9-21(15)30-23/h1,3,6,9-11,18-19,22-23,26-28H,2,4-5,7-8,12-13H2. The first kappa shape index (κ1) is 21.0. The molecular weight excluding hydrogens is 392 g/mol. The fraction of sp³-hybridized carbons (Fsp3) is 0.478. The number of halogens is 2. The molecule has 5 nitrogen and oxygen atoms in total. The smallest absolute Gasteiger partial charge is 0.126 e. The van der Waals surface area contributed by atoms with Crippen LogP contribution in [0.4, 0.5) is 8.78 Å². The molecule has 0 fully saturated rings. The lowest BCUT2D eigenvalue weighted by Crippen LogP contribution is -2.45. The van der Waals surface area contributed by atoms with Crippen molar-refractivity contribution in [3.05, 3.63) is 65.0 Å². The fourth-order valence-electron chi connectivity index (χ4n) is 4.10. The van der Waals surface area contributed by atoms with E-state index in [-0.39, 0.29) is 43.4 Å². The van der Waals surface area contributed by atoms with E-state index in [9.17, 15) is 19.0 Å². The monoisotopic (exact) mass is 419 g/mol. The number of aliphatic hydroxyl groups excluding tert-OH is 2. The summed E-state index contributed by atoms with van der Waals surface area (Å²) in [6.45, 7) is 0.513. The maximum Gasteiger partial charge on any atom is 0.126 e. The zero-order valence-electron chi connectivity index (χ0n) is 16.7. The van der Waals surface area contributed by atoms with Crippen LogP contribution in [-0.2, 0) is 11.2 Å². The molecule has 0 bridgehead atoms. The first-order chi connectivity index (χ1) is 14.5. The van der Waals surface area contributed by atoms with Gasteiger partial charge in [0.15, 0.2) is 0 Å². The van der Waals surface area contributed by atoms with Crippen LogP contribution in [0, 0.1) is 5.82 Å². The van der Waals surface area contributed by atoms with Crippen molar-refractivity contribution in [2.45, 2.75) is 56.5 Å². The van der Waals surface area contributed by atoms with E-state index in [1.54, 1.807) is 18.2 Å². The van der Waals surface area contributed by atoms with Crippen LogP contribution in [-0.4, -0.2) is 47.7 Å². The summed E-state index contributed by atoms with van der Waals surface area (Å²) in [5.41, 5.74) is 1.63. The number of allylic oxidation sites excluding steroid dienone is 5. The maximum absolute atomic E-state index is 13.6. The van der Waals surface area contributed by atoms with E-state index >= 15 is 0 Å². The van der Waals surface area contributed by atoms with E-state index < -0.39 is 12.2 Å². The first-order valence-electron chi connectivity index (χ1n) is 10.4. The average Bonchev–Trinajstić information content (AvgIpc) is 2.93. The molecule has 30 heavy (non-hydrogen) atoms. The van der Waals surface area contributed by atoms with Crippen molar-refractivity contribution in [1.29, 1.82) is 0 Å². The Labute approximate surface area is 174 Å². The Kier molecular flexibility index (Phi) is 6.51. The van der Waals surface area contributed by atoms with Crippen LogP contribution in [0.2, 0.25) is 0 Å². The van der Waals surface area contributed by atoms with Crippen LogP contribution < -0.4 is 10.1 Å². The van der Waals surface area contributed by atoms with E-state index in [0.717, 1.165) is 11.1 Å². The largest absolute Gasteiger partial charge is 0.487 e. The molecule has 4 unspecified atom stereocenters. The Bertz CT molecular complexity index is 867. The van der Waals surface area contributed by atoms with Gasteiger partial charge >= 0.3 is 0 Å². The van der Waals surface area contributed by atoms with E-state index in [1.807, 2.05) is 0 Å². The van der Waals surface area contributed by atoms with Crippen molar-refractivity contribution in [3.63, 3.8) is 0 Å². The molecule has 0 saturated heterocycles. The highest BCUT2D eigenvalue weighted by Gasteiger charge is 2.29. The molecule has 0 amide bonds. The number of ether oxygens (including phenoxy) is 2. The zero-order chi connectivity index (χ0) is 21.1. The van der Waals surface area contributed by atoms with Gasteiger partial charge in [-0.25, -0.2) is 8.78 Å². The number of hydrogen-bond donors (Lipinski definition) is 3. The summed E-state index contributed by atoms with van der Waals surface area (Å²) in [6, 6.07) is 4.40. The molecule has 0 aromatic heterocycles. The Balaban J connectivity index is 1.24. The van der Waals surface area contributed by atoms with Gasteiger partial charge in [0, 0.05) is 19.5 Å². The van der Waals surface area contributed by atoms with Crippen LogP contribution >= 0.6 is 0 Å². The molecule has 1 aromatic rings. The van der Waals surface area contributed by atoms with Crippen molar-refractivity contribution in [1.82, 2.24) is 5.32 Å². The van der Waals surface area contributed by atoms with Crippen LogP contribution in [0.15, 0.2) is 53.6 Å². The molecule has 2 aliphatic heterocycles. The highest BCUT2D eigenvalue weighted by atomic mass is 19.1. The number of benzene rings is 1. The third-order valence-electron chi connectivity index (χ3n) is 5.77. The van der Waals surface area contributed by atoms with Crippen molar-refractivity contribution in [2.75, 3.05) is 13.1 Å². The third-order valence-corrected chi connectivity index (χ3v) is 5.77. The lowest BCUT2D eigenvalue weighted by Gasteiger charge is -2.31. The van der Waals surface area contributed by atoms with E-state index in [0.29, 0.717) is 37.2 Å². The molecule has 7 heteroatoms. The van der Waals surface area contributed by atoms with Crippen LogP contribution in [0.3, 0.4) is 0 Å². The van der Waals surface area contributed by atoms with Gasteiger partial charge in [-0.05, 0) is 67.2 Å². The minimum atomic E-state index is -0.757. The lowest BCUT2D eigenvalue weighted by molar-refractivity contribution is -0.0162. The minimum Gasteiger partial charge on any atom is -0.487 e. The number of aliphatic hydroxyl groups is 2. The van der Waals surface area contributed by atoms with Crippen molar-refractivity contribution in [2.24, 2.45) is 0 Å². The summed E-state index contributed by atoms with van der Waals surface area (Å²) in [6.07, 6.45) is 5.46. The number of rotatable bonds is 6. The molecule has 1 aliphatic carbocycles. The van der Waals surface area contributed by atoms with Crippen LogP contribution in [0.1, 0.15) is 31.2 Å². The number of hydrogen-bond acceptors (Lipinski definition) is 5. The molecule has 3 N–H and O–H groups in total. The van der Waals surface area contributed by atoms with Gasteiger partial charge in [-0.15, -0.1) is 0 Å². The Hall–Kier alpha value is -2.22. The second-order valence-electron chi connectivity index (χ2n) is 8.02. The summed E-state index contributed by atoms with van der Waals surface area (Å²) in [5, 5.41) is 24.0. The zero-order valence-corrected chi connectivity index (χ0v) is 16.7. The van der Waals surface area contributed by atoms with Crippen molar-refractivity contribution in [3.8, 4) is 5.75 Å². The predicted molar refractivity (Wildman–Crippen MR) is 108 cm³/mol. The second-order valence-corrected chi connectivity index (χ2v) is 8.02. The highest BCUT2D eigenvalue weighted by Crippen LogP contribution is 2.31. The Morgan fingerprint density at radius 2 is 1.77 bits per heavy atom. The van der Waals surface area contributed by atoms with Crippen LogP contribution in [0.5, 0.6) is 5.75 Å². The molecule has 4 rings (SSSR count). The topological polar surface area (TPSA) is 71.0 Å². The summed E-state index contributed by atoms with van der Waals surface area (Å²) in [4.78, 5) is 0. The van der Waals surface area contributed by atoms with Crippen molar-refractivity contribution >= 4 is 0 Å². The van der Waals surface area contributed by atoms with Gasteiger partial charge in [-0.3, -0.25) is 0 Å². The molecule has 162 valence electrons. The van der Waals surface area contributed by atoms with E-state index in [2.05, 4.69) is 5.32 Å². The molecule has 0 saturated carbocycles. The van der Waals surface area contributed by atoms with E-state index in [4.69, 9.17) is 9.47 Å². The SMILES string of the molecule is OC(CNCC(O)C1CCc2cc(F)ccc2O1)C1CCC2=C(C=CCC(F)=C2)O1. The molecule has 0 radical (unpaired) electrons. The molecule has 0 spiro atoms. The minimum absolute atomic E-state index is 0.188. The van der Waals surface area contributed by atoms with Gasteiger partial charge in [0.25, 0.3) is 0 Å². The fourth-order valence-corrected chi connectivity index (χ4v) is 4.10. The normalized spacial score (nSPS) is 25.3. The Morgan fingerprint density at radius 3 is 2.57 bits per heavy atom. The quantitative estimate of drug-likeness (QED) is 0.661. The number of nitrogens with one attached hydrogen (secondary N) is 1. The van der Waals surface area contributed by atoms with Crippen LogP contribution in [0.25, 0.3) is 0 Å². The molecule has 4 atom stereocenters. The highest BCUT2D eigenvalue weighted by molar-refractivity contribution is 5.36. The lowest BCUT2D eigenvalue weighted by atomic mass is 9.98. The number of aryl methyl sites for hydroxylation is 1. The van der Waals surface area contributed by atoms with E-state index in [1.165, 1.54) is 18.2 Å². The summed E-state index contributed by atoms with van der Waals surface area (Å²) < 4.78 is 38.6. The van der Waals surface area contributed by atoms with Gasteiger partial charge in [0.2, 0.25) is 0 Å². The second kappa shape index (κ2) is 9.29. The molecule has 3 aliphatic rings. The maximum atomic E-state index is 13.6. The predicted octanol–water partition coefficient (Wildman–Crippen LogP) is 3.08. The van der Waals surface area contributed by atoms with Gasteiger partial charge in [0.1, 0.15) is 47.6 Å². The molecular formula is C23H27F2NO4. The van der Waals surface area contributed by atoms with Gasteiger partial charge < -0.3 is 25.0 Å². The number of fused-ring (bicyclic) bond motifs is 1. The molecule has 1 aromatic carbocycles.